The first-order chi connectivity index (χ1) is 48.2. The first kappa shape index (κ1) is 96.5. The molecule has 19 heteroatoms. The molecule has 0 aliphatic heterocycles. The van der Waals surface area contributed by atoms with Crippen LogP contribution in [0.1, 0.15) is 407 Å². The molecular formula is C80H152O17P2. The topological polar surface area (TPSA) is 237 Å². The zero-order valence-corrected chi connectivity index (χ0v) is 65.7. The minimum atomic E-state index is -4.96. The monoisotopic (exact) mass is 1450 g/mol. The molecule has 584 valence electrons. The van der Waals surface area contributed by atoms with Gasteiger partial charge in [0.1, 0.15) is 19.3 Å². The van der Waals surface area contributed by atoms with Gasteiger partial charge in [-0.15, -0.1) is 0 Å². The lowest BCUT2D eigenvalue weighted by molar-refractivity contribution is -0.161. The third-order valence-electron chi connectivity index (χ3n) is 18.2. The summed E-state index contributed by atoms with van der Waals surface area (Å²) in [6.45, 7) is 4.94. The van der Waals surface area contributed by atoms with E-state index in [1.54, 1.807) is 0 Å². The van der Waals surface area contributed by atoms with E-state index < -0.39 is 97.5 Å². The molecule has 17 nitrogen and oxygen atoms in total. The van der Waals surface area contributed by atoms with Gasteiger partial charge in [-0.05, 0) is 51.4 Å². The van der Waals surface area contributed by atoms with Crippen LogP contribution in [0.4, 0.5) is 0 Å². The third kappa shape index (κ3) is 73.6. The van der Waals surface area contributed by atoms with Crippen molar-refractivity contribution in [3.05, 3.63) is 24.3 Å². The summed E-state index contributed by atoms with van der Waals surface area (Å²) in [4.78, 5) is 72.9. The molecule has 0 bridgehead atoms. The highest BCUT2D eigenvalue weighted by atomic mass is 31.2. The van der Waals surface area contributed by atoms with Gasteiger partial charge in [0.15, 0.2) is 12.2 Å². The van der Waals surface area contributed by atoms with Gasteiger partial charge in [0.2, 0.25) is 0 Å². The standard InChI is InChI=1S/C80H152O17P2/c1-5-9-13-17-21-25-28-31-34-36-37-38-41-44-47-51-55-59-63-67-80(85)97-76(71-91-78(83)65-61-57-53-49-45-42-40-35-32-29-26-22-18-14-10-6-2)73-95-99(88,89)93-69-74(81)68-92-98(86,87)94-72-75(70-90-77(82)64-60-56-52-48-24-20-16-12-8-4)96-79(84)66-62-58-54-50-46-43-39-33-30-27-23-19-15-11-7-3/h27,30,33,39,74-76,81H,5-26,28-29,31-32,34-38,40-73H2,1-4H3,(H,86,87)(H,88,89)/b30-27-,39-33-/t74-,75+,76+/m0/s1. The number of hydrogen-bond acceptors (Lipinski definition) is 15. The molecular weight excluding hydrogens is 1290 g/mol. The van der Waals surface area contributed by atoms with Crippen LogP contribution in [0.5, 0.6) is 0 Å². The Balaban J connectivity index is 5.25. The minimum Gasteiger partial charge on any atom is -0.462 e. The Hall–Kier alpha value is -2.46. The maximum Gasteiger partial charge on any atom is 0.472 e. The van der Waals surface area contributed by atoms with E-state index in [-0.39, 0.29) is 25.7 Å². The average Bonchev–Trinajstić information content (AvgIpc) is 1.29. The van der Waals surface area contributed by atoms with Gasteiger partial charge < -0.3 is 33.8 Å². The van der Waals surface area contributed by atoms with Gasteiger partial charge in [-0.1, -0.05) is 354 Å². The molecule has 0 rings (SSSR count). The van der Waals surface area contributed by atoms with Crippen LogP contribution in [0.2, 0.25) is 0 Å². The largest absolute Gasteiger partial charge is 0.472 e. The van der Waals surface area contributed by atoms with Crippen LogP contribution in [0.15, 0.2) is 24.3 Å². The lowest BCUT2D eigenvalue weighted by Gasteiger charge is -2.21. The molecule has 3 N–H and O–H groups in total. The van der Waals surface area contributed by atoms with Gasteiger partial charge in [0.05, 0.1) is 26.4 Å². The summed E-state index contributed by atoms with van der Waals surface area (Å²) in [5.41, 5.74) is 0. The number of aliphatic hydroxyl groups is 1. The summed E-state index contributed by atoms with van der Waals surface area (Å²) in [6.07, 6.45) is 68.8. The van der Waals surface area contributed by atoms with Gasteiger partial charge >= 0.3 is 39.5 Å². The van der Waals surface area contributed by atoms with Crippen molar-refractivity contribution in [2.45, 2.75) is 425 Å². The third-order valence-corrected chi connectivity index (χ3v) is 20.1. The van der Waals surface area contributed by atoms with Gasteiger partial charge in [0, 0.05) is 25.7 Å². The lowest BCUT2D eigenvalue weighted by Crippen LogP contribution is -2.30. The normalized spacial score (nSPS) is 14.0. The van der Waals surface area contributed by atoms with Crippen LogP contribution >= 0.6 is 15.6 Å². The van der Waals surface area contributed by atoms with Crippen LogP contribution in [0.25, 0.3) is 0 Å². The van der Waals surface area contributed by atoms with E-state index in [1.807, 2.05) is 0 Å². The van der Waals surface area contributed by atoms with Gasteiger partial charge in [-0.25, -0.2) is 9.13 Å². The smallest absolute Gasteiger partial charge is 0.462 e. The fourth-order valence-corrected chi connectivity index (χ4v) is 13.5. The summed E-state index contributed by atoms with van der Waals surface area (Å²) in [6, 6.07) is 0. The molecule has 5 atom stereocenters. The molecule has 0 amide bonds. The number of phosphoric acid groups is 2. The molecule has 0 aliphatic rings. The molecule has 0 saturated heterocycles. The van der Waals surface area contributed by atoms with Crippen molar-refractivity contribution in [2.24, 2.45) is 0 Å². The predicted molar refractivity (Wildman–Crippen MR) is 405 cm³/mol. The highest BCUT2D eigenvalue weighted by Crippen LogP contribution is 2.45. The minimum absolute atomic E-state index is 0.0856. The number of rotatable bonds is 79. The highest BCUT2D eigenvalue weighted by Gasteiger charge is 2.30. The summed E-state index contributed by atoms with van der Waals surface area (Å²) in [5.74, 6) is -2.14. The Morgan fingerprint density at radius 3 is 0.737 bits per heavy atom. The number of esters is 4. The number of unbranched alkanes of at least 4 members (excludes halogenated alkanes) is 50. The maximum atomic E-state index is 13.1. The fourth-order valence-electron chi connectivity index (χ4n) is 11.9. The van der Waals surface area contributed by atoms with Crippen molar-refractivity contribution in [1.29, 1.82) is 0 Å². The zero-order valence-electron chi connectivity index (χ0n) is 64.0. The first-order valence-corrected chi connectivity index (χ1v) is 44.1. The number of aliphatic hydroxyl groups excluding tert-OH is 1. The lowest BCUT2D eigenvalue weighted by atomic mass is 10.0. The van der Waals surface area contributed by atoms with Gasteiger partial charge in [-0.3, -0.25) is 37.3 Å². The van der Waals surface area contributed by atoms with Crippen LogP contribution in [-0.2, 0) is 65.4 Å². The zero-order chi connectivity index (χ0) is 72.5. The van der Waals surface area contributed by atoms with E-state index in [2.05, 4.69) is 52.0 Å². The van der Waals surface area contributed by atoms with Gasteiger partial charge in [-0.2, -0.15) is 0 Å². The average molecular weight is 1450 g/mol. The molecule has 0 heterocycles. The first-order valence-electron chi connectivity index (χ1n) is 41.1. The number of ether oxygens (including phenoxy) is 4. The molecule has 0 aromatic rings. The number of allylic oxidation sites excluding steroid dienone is 4. The SMILES string of the molecule is CCCCCC/C=C\C=C/CCCCCCCC(=O)O[C@H](COC(=O)CCCCCCCCCCC)COP(=O)(O)OC[C@H](O)COP(=O)(O)OC[C@@H](COC(=O)CCCCCCCCCCCCCCCCCC)OC(=O)CCCCCCCCCCCCCCCCCCCCC. The van der Waals surface area contributed by atoms with Crippen molar-refractivity contribution < 1.29 is 80.2 Å². The molecule has 0 spiro atoms. The van der Waals surface area contributed by atoms with E-state index in [0.29, 0.717) is 25.7 Å². The van der Waals surface area contributed by atoms with Crippen LogP contribution in [-0.4, -0.2) is 96.7 Å². The summed E-state index contributed by atoms with van der Waals surface area (Å²) < 4.78 is 68.6. The van der Waals surface area contributed by atoms with Gasteiger partial charge in [0.25, 0.3) is 0 Å². The molecule has 0 radical (unpaired) electrons. The summed E-state index contributed by atoms with van der Waals surface area (Å²) in [5, 5.41) is 10.6. The van der Waals surface area contributed by atoms with Crippen molar-refractivity contribution >= 4 is 39.5 Å². The Kier molecular flexibility index (Phi) is 72.0. The Morgan fingerprint density at radius 1 is 0.283 bits per heavy atom. The van der Waals surface area contributed by atoms with E-state index in [9.17, 15) is 43.2 Å². The Bertz CT molecular complexity index is 1970. The van der Waals surface area contributed by atoms with Crippen molar-refractivity contribution in [1.82, 2.24) is 0 Å². The van der Waals surface area contributed by atoms with Crippen LogP contribution < -0.4 is 0 Å². The second-order valence-electron chi connectivity index (χ2n) is 28.1. The number of carbonyl (C=O) groups is 4. The van der Waals surface area contributed by atoms with E-state index >= 15 is 0 Å². The second-order valence-corrected chi connectivity index (χ2v) is 31.0. The number of carbonyl (C=O) groups excluding carboxylic acids is 4. The summed E-state index contributed by atoms with van der Waals surface area (Å²) in [7, 11) is -9.93. The number of hydrogen-bond donors (Lipinski definition) is 3. The Labute approximate surface area is 605 Å². The molecule has 2 unspecified atom stereocenters. The van der Waals surface area contributed by atoms with Crippen LogP contribution in [0, 0.1) is 0 Å². The predicted octanol–water partition coefficient (Wildman–Crippen LogP) is 23.7. The van der Waals surface area contributed by atoms with E-state index in [0.717, 1.165) is 103 Å². The number of phosphoric ester groups is 2. The molecule has 0 aromatic heterocycles. The van der Waals surface area contributed by atoms with Crippen molar-refractivity contribution in [2.75, 3.05) is 39.6 Å². The van der Waals surface area contributed by atoms with Crippen LogP contribution in [0.3, 0.4) is 0 Å². The molecule has 0 aromatic carbocycles. The second kappa shape index (κ2) is 73.8. The molecule has 0 aliphatic carbocycles. The quantitative estimate of drug-likeness (QED) is 0.0169. The highest BCUT2D eigenvalue weighted by molar-refractivity contribution is 7.47. The molecule has 99 heavy (non-hydrogen) atoms. The van der Waals surface area contributed by atoms with Crippen molar-refractivity contribution in [3.63, 3.8) is 0 Å². The van der Waals surface area contributed by atoms with E-state index in [1.165, 1.54) is 225 Å². The molecule has 0 fully saturated rings. The van der Waals surface area contributed by atoms with E-state index in [4.69, 9.17) is 37.0 Å². The van der Waals surface area contributed by atoms with Crippen molar-refractivity contribution in [3.8, 4) is 0 Å². The fraction of sp³-hybridized carbons (Fsp3) is 0.900. The Morgan fingerprint density at radius 2 is 0.485 bits per heavy atom. The summed E-state index contributed by atoms with van der Waals surface area (Å²) >= 11 is 0. The molecule has 0 saturated carbocycles. The maximum absolute atomic E-state index is 13.1.